The van der Waals surface area contributed by atoms with Gasteiger partial charge in [0.15, 0.2) is 0 Å². The van der Waals surface area contributed by atoms with Crippen LogP contribution in [0.15, 0.2) is 21.5 Å². The second kappa shape index (κ2) is 5.34. The fraction of sp³-hybridized carbons (Fsp3) is 0.688. The molecular formula is C16H21ClN4OS. The molecule has 124 valence electrons. The summed E-state index contributed by atoms with van der Waals surface area (Å²) in [6, 6.07) is 2.56. The number of hydrogen-bond acceptors (Lipinski definition) is 6. The van der Waals surface area contributed by atoms with Crippen molar-refractivity contribution in [3.05, 3.63) is 20.8 Å². The van der Waals surface area contributed by atoms with E-state index in [2.05, 4.69) is 47.6 Å². The number of hydrogen-bond donors (Lipinski definition) is 1. The van der Waals surface area contributed by atoms with Gasteiger partial charge in [-0.3, -0.25) is 0 Å². The first-order chi connectivity index (χ1) is 10.9. The van der Waals surface area contributed by atoms with Crippen LogP contribution < -0.4 is 5.32 Å². The summed E-state index contributed by atoms with van der Waals surface area (Å²) in [6.45, 7) is 7.08. The molecule has 0 aliphatic carbocycles. The van der Waals surface area contributed by atoms with E-state index < -0.39 is 0 Å². The quantitative estimate of drug-likeness (QED) is 0.833. The number of thiophene rings is 1. The lowest BCUT2D eigenvalue weighted by Gasteiger charge is -2.46. The molecule has 3 unspecified atom stereocenters. The maximum Gasteiger partial charge on any atom is 0.120 e. The average molecular weight is 353 g/mol. The summed E-state index contributed by atoms with van der Waals surface area (Å²) in [7, 11) is 0. The van der Waals surface area contributed by atoms with E-state index in [4.69, 9.17) is 16.3 Å². The molecule has 1 aromatic rings. The molecule has 1 aromatic heterocycles. The van der Waals surface area contributed by atoms with Crippen LogP contribution in [0.3, 0.4) is 0 Å². The zero-order valence-corrected chi connectivity index (χ0v) is 15.2. The fourth-order valence-corrected chi connectivity index (χ4v) is 5.55. The Morgan fingerprint density at radius 2 is 2.22 bits per heavy atom. The van der Waals surface area contributed by atoms with Gasteiger partial charge in [0.25, 0.3) is 0 Å². The van der Waals surface area contributed by atoms with Crippen LogP contribution in [0.4, 0.5) is 0 Å². The van der Waals surface area contributed by atoms with E-state index in [1.165, 1.54) is 10.4 Å². The molecule has 23 heavy (non-hydrogen) atoms. The molecule has 7 heteroatoms. The molecule has 1 spiro atoms. The minimum absolute atomic E-state index is 0.121. The van der Waals surface area contributed by atoms with Gasteiger partial charge >= 0.3 is 0 Å². The lowest BCUT2D eigenvalue weighted by Crippen LogP contribution is -2.58. The molecule has 0 radical (unpaired) electrons. The zero-order valence-electron chi connectivity index (χ0n) is 13.6. The second-order valence-electron chi connectivity index (χ2n) is 7.26. The van der Waals surface area contributed by atoms with Crippen LogP contribution in [0.25, 0.3) is 0 Å². The molecule has 0 saturated carbocycles. The maximum absolute atomic E-state index is 6.37. The van der Waals surface area contributed by atoms with E-state index in [-0.39, 0.29) is 17.2 Å². The van der Waals surface area contributed by atoms with E-state index in [1.54, 1.807) is 11.3 Å². The Kier molecular flexibility index (Phi) is 3.65. The first-order valence-corrected chi connectivity index (χ1v) is 9.28. The minimum atomic E-state index is -0.347. The molecule has 0 bridgehead atoms. The van der Waals surface area contributed by atoms with E-state index in [1.807, 2.05) is 0 Å². The number of fused-ring (bicyclic) bond motifs is 2. The highest BCUT2D eigenvalue weighted by Crippen LogP contribution is 2.48. The Balaban J connectivity index is 1.71. The van der Waals surface area contributed by atoms with Crippen molar-refractivity contribution in [1.82, 2.24) is 5.32 Å². The van der Waals surface area contributed by atoms with Gasteiger partial charge in [0.1, 0.15) is 11.1 Å². The highest BCUT2D eigenvalue weighted by molar-refractivity contribution is 7.16. The Hall–Kier alpha value is -0.820. The summed E-state index contributed by atoms with van der Waals surface area (Å²) < 4.78 is 7.22. The lowest BCUT2D eigenvalue weighted by molar-refractivity contribution is -0.0897. The summed E-state index contributed by atoms with van der Waals surface area (Å²) in [6.07, 6.45) is 2.76. The predicted octanol–water partition coefficient (Wildman–Crippen LogP) is 3.91. The van der Waals surface area contributed by atoms with Crippen molar-refractivity contribution in [3.8, 4) is 0 Å². The van der Waals surface area contributed by atoms with E-state index in [0.717, 1.165) is 35.9 Å². The standard InChI is InChI=1S/C16H21ClN4OS/c1-9-7-16(14-10(4-5-22-16)6-12(17)23-14)8-11(18-9)13-15(2,3)20-21-19-13/h6,9,11,18H,4-5,7-8H2,1-3H3. The third kappa shape index (κ3) is 2.56. The Bertz CT molecular complexity index is 698. The predicted molar refractivity (Wildman–Crippen MR) is 92.7 cm³/mol. The Morgan fingerprint density at radius 1 is 1.39 bits per heavy atom. The van der Waals surface area contributed by atoms with Crippen LogP contribution in [0.1, 0.15) is 44.1 Å². The topological polar surface area (TPSA) is 58.3 Å². The molecule has 3 atom stereocenters. The molecular weight excluding hydrogens is 332 g/mol. The molecule has 5 nitrogen and oxygen atoms in total. The van der Waals surface area contributed by atoms with Gasteiger partial charge in [-0.1, -0.05) is 11.6 Å². The smallest absolute Gasteiger partial charge is 0.120 e. The minimum Gasteiger partial charge on any atom is -0.369 e. The normalized spacial score (nSPS) is 35.4. The highest BCUT2D eigenvalue weighted by Gasteiger charge is 2.49. The molecule has 3 aliphatic heterocycles. The maximum atomic E-state index is 6.37. The number of nitrogens with zero attached hydrogens (tertiary/aromatic N) is 3. The molecule has 4 heterocycles. The van der Waals surface area contributed by atoms with Crippen LogP contribution in [0.5, 0.6) is 0 Å². The van der Waals surface area contributed by atoms with E-state index in [0.29, 0.717) is 6.04 Å². The number of ether oxygens (including phenoxy) is 1. The molecule has 4 rings (SSSR count). The summed E-state index contributed by atoms with van der Waals surface area (Å²) in [5, 5.41) is 16.2. The third-order valence-electron chi connectivity index (χ3n) is 5.00. The van der Waals surface area contributed by atoms with Crippen LogP contribution in [-0.2, 0) is 16.8 Å². The average Bonchev–Trinajstić information content (AvgIpc) is 3.01. The number of rotatable bonds is 1. The first-order valence-electron chi connectivity index (χ1n) is 8.09. The van der Waals surface area contributed by atoms with Crippen molar-refractivity contribution in [3.63, 3.8) is 0 Å². The van der Waals surface area contributed by atoms with Crippen LogP contribution >= 0.6 is 22.9 Å². The fourth-order valence-electron chi connectivity index (χ4n) is 4.09. The van der Waals surface area contributed by atoms with Crippen molar-refractivity contribution in [2.24, 2.45) is 15.4 Å². The van der Waals surface area contributed by atoms with Crippen molar-refractivity contribution < 1.29 is 4.74 Å². The van der Waals surface area contributed by atoms with Gasteiger partial charge in [-0.25, -0.2) is 0 Å². The van der Waals surface area contributed by atoms with Crippen molar-refractivity contribution >= 4 is 28.6 Å². The Morgan fingerprint density at radius 3 is 2.96 bits per heavy atom. The van der Waals surface area contributed by atoms with Gasteiger partial charge in [-0.15, -0.1) is 16.4 Å². The number of nitrogens with one attached hydrogen (secondary N) is 1. The molecule has 0 aromatic carbocycles. The zero-order chi connectivity index (χ0) is 16.2. The summed E-state index contributed by atoms with van der Waals surface area (Å²) in [5.41, 5.74) is 1.74. The second-order valence-corrected chi connectivity index (χ2v) is 8.94. The number of halogens is 1. The largest absolute Gasteiger partial charge is 0.369 e. The van der Waals surface area contributed by atoms with Gasteiger partial charge in [0.05, 0.1) is 22.7 Å². The van der Waals surface area contributed by atoms with E-state index >= 15 is 0 Å². The monoisotopic (exact) mass is 352 g/mol. The van der Waals surface area contributed by atoms with Crippen LogP contribution in [0, 0.1) is 0 Å². The van der Waals surface area contributed by atoms with Gasteiger partial charge < -0.3 is 10.1 Å². The molecule has 3 aliphatic rings. The van der Waals surface area contributed by atoms with Gasteiger partial charge in [0.2, 0.25) is 0 Å². The SMILES string of the molecule is CC1CC2(CC(C3=NN=NC3(C)C)N1)OCCc1cc(Cl)sc12. The summed E-state index contributed by atoms with van der Waals surface area (Å²) in [5.74, 6) is 0. The highest BCUT2D eigenvalue weighted by atomic mass is 35.5. The van der Waals surface area contributed by atoms with Crippen LogP contribution in [0.2, 0.25) is 4.34 Å². The molecule has 0 amide bonds. The summed E-state index contributed by atoms with van der Waals surface area (Å²) in [4.78, 5) is 1.30. The number of piperidine rings is 1. The lowest BCUT2D eigenvalue weighted by atomic mass is 9.76. The summed E-state index contributed by atoms with van der Waals surface area (Å²) >= 11 is 7.96. The molecule has 1 fully saturated rings. The van der Waals surface area contributed by atoms with Gasteiger partial charge in [0, 0.05) is 17.3 Å². The van der Waals surface area contributed by atoms with Gasteiger partial charge in [-0.05, 0) is 50.5 Å². The molecule has 1 saturated heterocycles. The third-order valence-corrected chi connectivity index (χ3v) is 6.49. The van der Waals surface area contributed by atoms with Crippen molar-refractivity contribution in [2.45, 2.75) is 63.3 Å². The molecule has 1 N–H and O–H groups in total. The first kappa shape index (κ1) is 15.7. The van der Waals surface area contributed by atoms with E-state index in [9.17, 15) is 0 Å². The van der Waals surface area contributed by atoms with Gasteiger partial charge in [-0.2, -0.15) is 5.11 Å². The van der Waals surface area contributed by atoms with Crippen molar-refractivity contribution in [2.75, 3.05) is 6.61 Å². The van der Waals surface area contributed by atoms with Crippen molar-refractivity contribution in [1.29, 1.82) is 0 Å². The Labute approximate surface area is 145 Å². The van der Waals surface area contributed by atoms with Crippen LogP contribution in [-0.4, -0.2) is 29.9 Å².